The van der Waals surface area contributed by atoms with E-state index < -0.39 is 6.10 Å². The van der Waals surface area contributed by atoms with Crippen molar-refractivity contribution in [3.05, 3.63) is 59.7 Å². The van der Waals surface area contributed by atoms with Gasteiger partial charge < -0.3 is 15.1 Å². The number of rotatable bonds is 5. The summed E-state index contributed by atoms with van der Waals surface area (Å²) >= 11 is 0. The number of hydrogen-bond acceptors (Lipinski definition) is 4. The summed E-state index contributed by atoms with van der Waals surface area (Å²) in [6, 6.07) is 15.3. The number of carbonyl (C=O) groups is 2. The lowest BCUT2D eigenvalue weighted by molar-refractivity contribution is -0.129. The van der Waals surface area contributed by atoms with Gasteiger partial charge in [0.05, 0.1) is 5.71 Å². The molecule has 28 heavy (non-hydrogen) atoms. The molecular formula is C22H25N3O3. The van der Waals surface area contributed by atoms with E-state index in [0.29, 0.717) is 5.71 Å². The van der Waals surface area contributed by atoms with Crippen molar-refractivity contribution < 1.29 is 14.4 Å². The Bertz CT molecular complexity index is 905. The molecule has 0 bridgehead atoms. The number of hydrogen-bond donors (Lipinski definition) is 1. The molecule has 2 unspecified atom stereocenters. The van der Waals surface area contributed by atoms with E-state index in [0.717, 1.165) is 23.4 Å². The summed E-state index contributed by atoms with van der Waals surface area (Å²) in [7, 11) is 0. The van der Waals surface area contributed by atoms with Gasteiger partial charge in [-0.1, -0.05) is 35.5 Å². The molecule has 0 radical (unpaired) electrons. The highest BCUT2D eigenvalue weighted by molar-refractivity contribution is 6.00. The van der Waals surface area contributed by atoms with Gasteiger partial charge in [-0.15, -0.1) is 0 Å². The zero-order chi connectivity index (χ0) is 20.3. The molecule has 2 atom stereocenters. The molecule has 1 N–H and O–H groups in total. The standard InChI is InChI=1S/C22H25N3O3/c1-14-13-19-7-5-6-8-21(19)25(14)22(27)16(3)28-24-15(2)18-9-11-20(12-10-18)23-17(4)26/h5-12,14,16H,13H2,1-4H3,(H,23,26)/b24-15+. The highest BCUT2D eigenvalue weighted by atomic mass is 16.6. The normalized spacial score (nSPS) is 17.1. The van der Waals surface area contributed by atoms with E-state index in [1.165, 1.54) is 12.5 Å². The van der Waals surface area contributed by atoms with Crippen LogP contribution in [0, 0.1) is 0 Å². The van der Waals surface area contributed by atoms with Crippen molar-refractivity contribution in [3.63, 3.8) is 0 Å². The molecule has 6 heteroatoms. The minimum absolute atomic E-state index is 0.0994. The first-order chi connectivity index (χ1) is 13.4. The summed E-state index contributed by atoms with van der Waals surface area (Å²) in [4.78, 5) is 31.3. The molecule has 0 aromatic heterocycles. The van der Waals surface area contributed by atoms with Crippen molar-refractivity contribution in [2.75, 3.05) is 10.2 Å². The van der Waals surface area contributed by atoms with Gasteiger partial charge in [0.1, 0.15) is 0 Å². The van der Waals surface area contributed by atoms with Gasteiger partial charge in [-0.05, 0) is 56.5 Å². The molecule has 1 heterocycles. The van der Waals surface area contributed by atoms with Gasteiger partial charge in [-0.2, -0.15) is 0 Å². The summed E-state index contributed by atoms with van der Waals surface area (Å²) in [5, 5.41) is 6.86. The van der Waals surface area contributed by atoms with E-state index in [9.17, 15) is 9.59 Å². The second-order valence-electron chi connectivity index (χ2n) is 7.07. The second-order valence-corrected chi connectivity index (χ2v) is 7.07. The lowest BCUT2D eigenvalue weighted by atomic mass is 10.1. The summed E-state index contributed by atoms with van der Waals surface area (Å²) < 4.78 is 0. The number of para-hydroxylation sites is 1. The molecule has 1 aliphatic rings. The number of nitrogens with zero attached hydrogens (tertiary/aromatic N) is 2. The second kappa shape index (κ2) is 8.25. The van der Waals surface area contributed by atoms with Gasteiger partial charge in [0, 0.05) is 24.3 Å². The van der Waals surface area contributed by atoms with Crippen LogP contribution in [0.5, 0.6) is 0 Å². The minimum atomic E-state index is -0.692. The van der Waals surface area contributed by atoms with E-state index in [1.807, 2.05) is 44.2 Å². The number of fused-ring (bicyclic) bond motifs is 1. The maximum absolute atomic E-state index is 12.9. The van der Waals surface area contributed by atoms with Crippen LogP contribution >= 0.6 is 0 Å². The minimum Gasteiger partial charge on any atom is -0.382 e. The van der Waals surface area contributed by atoms with Crippen LogP contribution in [0.15, 0.2) is 53.7 Å². The average Bonchev–Trinajstić information content (AvgIpc) is 3.01. The Balaban J connectivity index is 1.66. The molecule has 0 saturated heterocycles. The maximum atomic E-state index is 12.9. The van der Waals surface area contributed by atoms with E-state index in [1.54, 1.807) is 24.0 Å². The van der Waals surface area contributed by atoms with E-state index in [2.05, 4.69) is 16.5 Å². The largest absolute Gasteiger partial charge is 0.382 e. The Kier molecular flexibility index (Phi) is 5.78. The topological polar surface area (TPSA) is 71.0 Å². The number of benzene rings is 2. The molecular weight excluding hydrogens is 354 g/mol. The van der Waals surface area contributed by atoms with Gasteiger partial charge in [-0.3, -0.25) is 9.59 Å². The van der Waals surface area contributed by atoms with Gasteiger partial charge in [0.15, 0.2) is 0 Å². The van der Waals surface area contributed by atoms with Crippen molar-refractivity contribution >= 4 is 28.9 Å². The Labute approximate surface area is 165 Å². The third-order valence-electron chi connectivity index (χ3n) is 4.76. The molecule has 0 saturated carbocycles. The molecule has 0 aliphatic carbocycles. The summed E-state index contributed by atoms with van der Waals surface area (Å²) in [6.45, 7) is 7.04. The first-order valence-electron chi connectivity index (χ1n) is 9.36. The number of nitrogens with one attached hydrogen (secondary N) is 1. The van der Waals surface area contributed by atoms with Gasteiger partial charge in [-0.25, -0.2) is 0 Å². The van der Waals surface area contributed by atoms with Crippen molar-refractivity contribution in [1.82, 2.24) is 0 Å². The monoisotopic (exact) mass is 379 g/mol. The predicted molar refractivity (Wildman–Crippen MR) is 111 cm³/mol. The summed E-state index contributed by atoms with van der Waals surface area (Å²) in [5.74, 6) is -0.221. The highest BCUT2D eigenvalue weighted by Gasteiger charge is 2.33. The van der Waals surface area contributed by atoms with Crippen LogP contribution in [0.4, 0.5) is 11.4 Å². The van der Waals surface area contributed by atoms with Crippen LogP contribution in [-0.4, -0.2) is 29.7 Å². The fraction of sp³-hybridized carbons (Fsp3) is 0.318. The van der Waals surface area contributed by atoms with Crippen molar-refractivity contribution in [1.29, 1.82) is 0 Å². The number of oxime groups is 1. The fourth-order valence-electron chi connectivity index (χ4n) is 3.35. The highest BCUT2D eigenvalue weighted by Crippen LogP contribution is 2.32. The van der Waals surface area contributed by atoms with Crippen LogP contribution in [0.1, 0.15) is 38.8 Å². The quantitative estimate of drug-likeness (QED) is 0.635. The predicted octanol–water partition coefficient (Wildman–Crippen LogP) is 3.75. The zero-order valence-electron chi connectivity index (χ0n) is 16.6. The molecule has 6 nitrogen and oxygen atoms in total. The molecule has 0 fully saturated rings. The van der Waals surface area contributed by atoms with Crippen LogP contribution in [0.25, 0.3) is 0 Å². The van der Waals surface area contributed by atoms with Gasteiger partial charge in [0.2, 0.25) is 12.0 Å². The number of anilines is 2. The van der Waals surface area contributed by atoms with Crippen LogP contribution in [0.3, 0.4) is 0 Å². The third kappa shape index (κ3) is 4.22. The van der Waals surface area contributed by atoms with Crippen LogP contribution in [0.2, 0.25) is 0 Å². The molecule has 2 amide bonds. The van der Waals surface area contributed by atoms with Crippen molar-refractivity contribution in [2.24, 2.45) is 5.16 Å². The summed E-state index contributed by atoms with van der Waals surface area (Å²) in [5.41, 5.74) is 4.35. The van der Waals surface area contributed by atoms with E-state index in [-0.39, 0.29) is 17.9 Å². The third-order valence-corrected chi connectivity index (χ3v) is 4.76. The average molecular weight is 379 g/mol. The molecule has 2 aromatic rings. The summed E-state index contributed by atoms with van der Waals surface area (Å²) in [6.07, 6.45) is 0.152. The van der Waals surface area contributed by atoms with E-state index >= 15 is 0 Å². The first kappa shape index (κ1) is 19.6. The molecule has 1 aliphatic heterocycles. The molecule has 146 valence electrons. The zero-order valence-corrected chi connectivity index (χ0v) is 16.6. The van der Waals surface area contributed by atoms with Crippen molar-refractivity contribution in [2.45, 2.75) is 46.3 Å². The number of carbonyl (C=O) groups excluding carboxylic acids is 2. The van der Waals surface area contributed by atoms with Gasteiger partial charge in [0.25, 0.3) is 5.91 Å². The lowest BCUT2D eigenvalue weighted by Gasteiger charge is -2.25. The SMILES string of the molecule is CC(=O)Nc1ccc(/C(C)=N/OC(C)C(=O)N2c3ccccc3CC2C)cc1. The lowest BCUT2D eigenvalue weighted by Crippen LogP contribution is -2.42. The fourth-order valence-corrected chi connectivity index (χ4v) is 3.35. The maximum Gasteiger partial charge on any atom is 0.270 e. The Hall–Kier alpha value is -3.15. The van der Waals surface area contributed by atoms with E-state index in [4.69, 9.17) is 4.84 Å². The first-order valence-corrected chi connectivity index (χ1v) is 9.36. The van der Waals surface area contributed by atoms with Gasteiger partial charge >= 0.3 is 0 Å². The molecule has 0 spiro atoms. The van der Waals surface area contributed by atoms with Crippen LogP contribution in [-0.2, 0) is 20.8 Å². The Morgan fingerprint density at radius 1 is 1.14 bits per heavy atom. The molecule has 3 rings (SSSR count). The van der Waals surface area contributed by atoms with Crippen LogP contribution < -0.4 is 10.2 Å². The molecule has 2 aromatic carbocycles. The Morgan fingerprint density at radius 3 is 2.50 bits per heavy atom. The Morgan fingerprint density at radius 2 is 1.82 bits per heavy atom. The van der Waals surface area contributed by atoms with Crippen molar-refractivity contribution in [3.8, 4) is 0 Å². The number of amides is 2. The smallest absolute Gasteiger partial charge is 0.270 e.